The van der Waals surface area contributed by atoms with Crippen LogP contribution in [0.1, 0.15) is 30.0 Å². The van der Waals surface area contributed by atoms with Gasteiger partial charge in [-0.15, -0.1) is 0 Å². The summed E-state index contributed by atoms with van der Waals surface area (Å²) in [6.07, 6.45) is 1.23. The van der Waals surface area contributed by atoms with E-state index in [0.29, 0.717) is 13.1 Å². The van der Waals surface area contributed by atoms with E-state index in [1.165, 1.54) is 11.1 Å². The van der Waals surface area contributed by atoms with Crippen molar-refractivity contribution in [2.75, 3.05) is 37.7 Å². The molecule has 0 spiro atoms. The van der Waals surface area contributed by atoms with Crippen LogP contribution < -0.4 is 10.2 Å². The molecule has 1 atom stereocenters. The van der Waals surface area contributed by atoms with E-state index in [2.05, 4.69) is 29.3 Å². The number of amides is 2. The largest absolute Gasteiger partial charge is 0.379 e. The molecular formula is C25H31N3O3. The normalized spacial score (nSPS) is 19.6. The van der Waals surface area contributed by atoms with Crippen molar-refractivity contribution < 1.29 is 14.3 Å². The molecule has 0 radical (unpaired) electrons. The minimum Gasteiger partial charge on any atom is -0.379 e. The van der Waals surface area contributed by atoms with E-state index in [1.807, 2.05) is 36.4 Å². The Morgan fingerprint density at radius 1 is 1.06 bits per heavy atom. The van der Waals surface area contributed by atoms with Crippen molar-refractivity contribution in [3.8, 4) is 0 Å². The van der Waals surface area contributed by atoms with E-state index in [9.17, 15) is 9.59 Å². The Bertz CT molecular complexity index is 906. The maximum Gasteiger partial charge on any atom is 0.227 e. The van der Waals surface area contributed by atoms with Crippen LogP contribution in [0, 0.1) is 5.92 Å². The first-order chi connectivity index (χ1) is 15.1. The number of aryl methyl sites for hydroxylation is 1. The average Bonchev–Trinajstić information content (AvgIpc) is 3.20. The van der Waals surface area contributed by atoms with Gasteiger partial charge in [-0.05, 0) is 35.2 Å². The van der Waals surface area contributed by atoms with Gasteiger partial charge in [0.25, 0.3) is 0 Å². The van der Waals surface area contributed by atoms with E-state index in [4.69, 9.17) is 4.74 Å². The fourth-order valence-electron chi connectivity index (χ4n) is 4.23. The number of hydrogen-bond acceptors (Lipinski definition) is 4. The third kappa shape index (κ3) is 5.51. The number of morpholine rings is 1. The second kappa shape index (κ2) is 10.1. The summed E-state index contributed by atoms with van der Waals surface area (Å²) in [7, 11) is 0. The molecule has 1 unspecified atom stereocenters. The van der Waals surface area contributed by atoms with Crippen LogP contribution in [-0.4, -0.2) is 49.6 Å². The van der Waals surface area contributed by atoms with E-state index in [0.717, 1.165) is 50.5 Å². The topological polar surface area (TPSA) is 61.9 Å². The highest BCUT2D eigenvalue weighted by Gasteiger charge is 2.34. The number of benzene rings is 2. The van der Waals surface area contributed by atoms with Crippen molar-refractivity contribution in [2.45, 2.75) is 32.9 Å². The van der Waals surface area contributed by atoms with Gasteiger partial charge in [0, 0.05) is 44.8 Å². The van der Waals surface area contributed by atoms with Crippen LogP contribution in [0.5, 0.6) is 0 Å². The molecule has 2 saturated heterocycles. The van der Waals surface area contributed by atoms with Gasteiger partial charge < -0.3 is 15.0 Å². The quantitative estimate of drug-likeness (QED) is 0.747. The number of nitrogens with one attached hydrogen (secondary N) is 1. The van der Waals surface area contributed by atoms with Crippen LogP contribution in [0.4, 0.5) is 5.69 Å². The van der Waals surface area contributed by atoms with Crippen molar-refractivity contribution in [1.82, 2.24) is 10.2 Å². The van der Waals surface area contributed by atoms with Crippen LogP contribution >= 0.6 is 0 Å². The first kappa shape index (κ1) is 21.5. The fraction of sp³-hybridized carbons (Fsp3) is 0.440. The highest BCUT2D eigenvalue weighted by atomic mass is 16.5. The Balaban J connectivity index is 1.30. The molecule has 2 fully saturated rings. The lowest BCUT2D eigenvalue weighted by atomic mass is 10.1. The first-order valence-electron chi connectivity index (χ1n) is 11.2. The predicted octanol–water partition coefficient (Wildman–Crippen LogP) is 2.75. The SMILES string of the molecule is CCc1ccc(N2CC(C(=O)NCc3cccc(CN4CCOCC4)c3)CC2=O)cc1. The van der Waals surface area contributed by atoms with E-state index in [-0.39, 0.29) is 24.2 Å². The lowest BCUT2D eigenvalue weighted by Gasteiger charge is -2.26. The lowest BCUT2D eigenvalue weighted by Crippen LogP contribution is -2.35. The van der Waals surface area contributed by atoms with Gasteiger partial charge in [-0.1, -0.05) is 43.3 Å². The smallest absolute Gasteiger partial charge is 0.227 e. The molecule has 2 aromatic carbocycles. The van der Waals surface area contributed by atoms with Gasteiger partial charge in [0.15, 0.2) is 0 Å². The highest BCUT2D eigenvalue weighted by Crippen LogP contribution is 2.25. The molecule has 1 N–H and O–H groups in total. The Hall–Kier alpha value is -2.70. The molecule has 6 heteroatoms. The maximum atomic E-state index is 12.7. The first-order valence-corrected chi connectivity index (χ1v) is 11.2. The second-order valence-electron chi connectivity index (χ2n) is 8.35. The number of carbonyl (C=O) groups is 2. The maximum absolute atomic E-state index is 12.7. The molecule has 0 saturated carbocycles. The van der Waals surface area contributed by atoms with E-state index >= 15 is 0 Å². The van der Waals surface area contributed by atoms with E-state index < -0.39 is 0 Å². The molecule has 2 aromatic rings. The number of carbonyl (C=O) groups excluding carboxylic acids is 2. The van der Waals surface area contributed by atoms with Crippen LogP contribution in [0.2, 0.25) is 0 Å². The molecule has 0 aliphatic carbocycles. The van der Waals surface area contributed by atoms with Crippen molar-refractivity contribution in [3.05, 3.63) is 65.2 Å². The molecule has 6 nitrogen and oxygen atoms in total. The molecule has 2 aliphatic rings. The molecule has 2 heterocycles. The number of hydrogen-bond donors (Lipinski definition) is 1. The van der Waals surface area contributed by atoms with Gasteiger partial charge in [0.05, 0.1) is 19.1 Å². The van der Waals surface area contributed by atoms with Crippen molar-refractivity contribution in [3.63, 3.8) is 0 Å². The summed E-state index contributed by atoms with van der Waals surface area (Å²) in [6, 6.07) is 16.4. The number of ether oxygens (including phenoxy) is 1. The Morgan fingerprint density at radius 2 is 1.81 bits per heavy atom. The molecule has 31 heavy (non-hydrogen) atoms. The summed E-state index contributed by atoms with van der Waals surface area (Å²) in [4.78, 5) is 29.3. The van der Waals surface area contributed by atoms with E-state index in [1.54, 1.807) is 4.90 Å². The second-order valence-corrected chi connectivity index (χ2v) is 8.35. The Labute approximate surface area is 184 Å². The zero-order valence-electron chi connectivity index (χ0n) is 18.2. The Kier molecular flexibility index (Phi) is 6.99. The molecule has 2 aliphatic heterocycles. The van der Waals surface area contributed by atoms with Gasteiger partial charge in [-0.2, -0.15) is 0 Å². The summed E-state index contributed by atoms with van der Waals surface area (Å²) in [6.45, 7) is 7.40. The molecular weight excluding hydrogens is 390 g/mol. The molecule has 0 bridgehead atoms. The molecule has 164 valence electrons. The Morgan fingerprint density at radius 3 is 2.55 bits per heavy atom. The van der Waals surface area contributed by atoms with Gasteiger partial charge in [-0.3, -0.25) is 14.5 Å². The third-order valence-electron chi connectivity index (χ3n) is 6.12. The van der Waals surface area contributed by atoms with Gasteiger partial charge in [-0.25, -0.2) is 0 Å². The minimum absolute atomic E-state index is 0.0110. The van der Waals surface area contributed by atoms with Crippen molar-refractivity contribution in [1.29, 1.82) is 0 Å². The monoisotopic (exact) mass is 421 g/mol. The molecule has 4 rings (SSSR count). The zero-order valence-corrected chi connectivity index (χ0v) is 18.2. The number of nitrogens with zero attached hydrogens (tertiary/aromatic N) is 2. The predicted molar refractivity (Wildman–Crippen MR) is 121 cm³/mol. The van der Waals surface area contributed by atoms with Crippen molar-refractivity contribution >= 4 is 17.5 Å². The highest BCUT2D eigenvalue weighted by molar-refractivity contribution is 6.00. The number of rotatable bonds is 7. The van der Waals surface area contributed by atoms with Gasteiger partial charge >= 0.3 is 0 Å². The summed E-state index contributed by atoms with van der Waals surface area (Å²) in [5, 5.41) is 3.03. The molecule has 0 aromatic heterocycles. The van der Waals surface area contributed by atoms with Crippen LogP contribution in [-0.2, 0) is 33.8 Å². The average molecular weight is 422 g/mol. The number of anilines is 1. The van der Waals surface area contributed by atoms with Gasteiger partial charge in [0.2, 0.25) is 11.8 Å². The lowest BCUT2D eigenvalue weighted by molar-refractivity contribution is -0.126. The van der Waals surface area contributed by atoms with Crippen LogP contribution in [0.15, 0.2) is 48.5 Å². The summed E-state index contributed by atoms with van der Waals surface area (Å²) >= 11 is 0. The van der Waals surface area contributed by atoms with Crippen molar-refractivity contribution in [2.24, 2.45) is 5.92 Å². The molecule has 2 amide bonds. The minimum atomic E-state index is -0.310. The fourth-order valence-corrected chi connectivity index (χ4v) is 4.23. The van der Waals surface area contributed by atoms with Crippen LogP contribution in [0.25, 0.3) is 0 Å². The van der Waals surface area contributed by atoms with Crippen LogP contribution in [0.3, 0.4) is 0 Å². The summed E-state index contributed by atoms with van der Waals surface area (Å²) in [5.41, 5.74) is 4.43. The zero-order chi connectivity index (χ0) is 21.6. The summed E-state index contributed by atoms with van der Waals surface area (Å²) in [5.74, 6) is -0.355. The standard InChI is InChI=1S/C25H31N3O3/c1-2-19-6-8-23(9-7-19)28-18-22(15-24(28)29)25(30)26-16-20-4-3-5-21(14-20)17-27-10-12-31-13-11-27/h3-9,14,22H,2,10-13,15-18H2,1H3,(H,26,30). The third-order valence-corrected chi connectivity index (χ3v) is 6.12. The van der Waals surface area contributed by atoms with Gasteiger partial charge in [0.1, 0.15) is 0 Å². The summed E-state index contributed by atoms with van der Waals surface area (Å²) < 4.78 is 5.41.